The Balaban J connectivity index is 1.48. The van der Waals surface area contributed by atoms with Crippen molar-refractivity contribution in [3.05, 3.63) is 35.7 Å². The average Bonchev–Trinajstić information content (AvgIpc) is 3.11. The number of nitrogens with one attached hydrogen (secondary N) is 1. The molecule has 0 radical (unpaired) electrons. The van der Waals surface area contributed by atoms with Crippen molar-refractivity contribution in [3.63, 3.8) is 0 Å². The highest BCUT2D eigenvalue weighted by molar-refractivity contribution is 7.93. The topological polar surface area (TPSA) is 118 Å². The lowest BCUT2D eigenvalue weighted by Crippen LogP contribution is -2.69. The molecule has 2 fully saturated rings. The number of likely N-dealkylation sites (tertiary alicyclic amines) is 1. The third kappa shape index (κ3) is 2.88. The van der Waals surface area contributed by atoms with Gasteiger partial charge in [-0.25, -0.2) is 23.4 Å². The number of hydrogen-bond donors (Lipinski definition) is 1. The van der Waals surface area contributed by atoms with Gasteiger partial charge in [0.05, 0.1) is 18.7 Å². The first-order valence-electron chi connectivity index (χ1n) is 8.76. The number of aromatic nitrogens is 4. The van der Waals surface area contributed by atoms with Crippen molar-refractivity contribution in [1.82, 2.24) is 24.8 Å². The fourth-order valence-electron chi connectivity index (χ4n) is 3.85. The lowest BCUT2D eigenvalue weighted by molar-refractivity contribution is 0.0398. The normalized spacial score (nSPS) is 22.6. The maximum atomic E-state index is 12.7. The Bertz CT molecular complexity index is 981. The third-order valence-electron chi connectivity index (χ3n) is 5.52. The number of aromatic amines is 1. The van der Waals surface area contributed by atoms with Gasteiger partial charge in [-0.15, -0.1) is 0 Å². The number of H-pyrrole nitrogens is 1. The van der Waals surface area contributed by atoms with Gasteiger partial charge in [0, 0.05) is 36.6 Å². The van der Waals surface area contributed by atoms with Gasteiger partial charge < -0.3 is 14.6 Å². The van der Waals surface area contributed by atoms with Crippen molar-refractivity contribution < 1.29 is 17.9 Å². The van der Waals surface area contributed by atoms with Crippen LogP contribution in [0.5, 0.6) is 6.01 Å². The van der Waals surface area contributed by atoms with Crippen molar-refractivity contribution >= 4 is 15.7 Å². The summed E-state index contributed by atoms with van der Waals surface area (Å²) in [7, 11) is -3.30. The first-order valence-corrected chi connectivity index (χ1v) is 10.4. The number of imidazole rings is 1. The predicted molar refractivity (Wildman–Crippen MR) is 96.1 cm³/mol. The van der Waals surface area contributed by atoms with E-state index in [-0.39, 0.29) is 43.3 Å². The van der Waals surface area contributed by atoms with Crippen LogP contribution in [-0.4, -0.2) is 69.4 Å². The molecule has 2 saturated heterocycles. The molecular weight excluding hydrogens is 370 g/mol. The van der Waals surface area contributed by atoms with E-state index < -0.39 is 14.6 Å². The molecule has 9 nitrogen and oxygen atoms in total. The molecular formula is C17H21N5O4S. The van der Waals surface area contributed by atoms with Gasteiger partial charge >= 0.3 is 6.01 Å². The molecule has 1 unspecified atom stereocenters. The van der Waals surface area contributed by atoms with Crippen molar-refractivity contribution in [2.75, 3.05) is 25.4 Å². The van der Waals surface area contributed by atoms with Crippen LogP contribution < -0.4 is 4.74 Å². The standard InChI is InChI=1S/C17H21N5O4S/c1-11-3-5-18-16(21-11)26-7-13-4-6-27(24,25)17(13)8-22(9-17)15(23)14-12(2)19-10-20-14/h3,5,10,13H,4,6-9H2,1-2H3,(H,19,20). The van der Waals surface area contributed by atoms with Crippen molar-refractivity contribution in [1.29, 1.82) is 0 Å². The van der Waals surface area contributed by atoms with Crippen molar-refractivity contribution in [3.8, 4) is 6.01 Å². The van der Waals surface area contributed by atoms with E-state index in [1.54, 1.807) is 24.1 Å². The minimum absolute atomic E-state index is 0.110. The molecule has 1 spiro atoms. The summed E-state index contributed by atoms with van der Waals surface area (Å²) in [5, 5.41) is 0. The van der Waals surface area contributed by atoms with E-state index >= 15 is 0 Å². The summed E-state index contributed by atoms with van der Waals surface area (Å²) in [6, 6.07) is 2.01. The number of ether oxygens (including phenoxy) is 1. The molecule has 0 bridgehead atoms. The highest BCUT2D eigenvalue weighted by atomic mass is 32.2. The van der Waals surface area contributed by atoms with E-state index in [0.717, 1.165) is 5.69 Å². The number of aryl methyl sites for hydroxylation is 2. The van der Waals surface area contributed by atoms with E-state index in [1.807, 2.05) is 6.92 Å². The van der Waals surface area contributed by atoms with Crippen LogP contribution >= 0.6 is 0 Å². The van der Waals surface area contributed by atoms with E-state index in [9.17, 15) is 13.2 Å². The average molecular weight is 391 g/mol. The van der Waals surface area contributed by atoms with Gasteiger partial charge in [0.2, 0.25) is 0 Å². The second kappa shape index (κ2) is 6.29. The lowest BCUT2D eigenvalue weighted by Gasteiger charge is -2.49. The maximum absolute atomic E-state index is 12.7. The number of rotatable bonds is 4. The molecule has 4 heterocycles. The second-order valence-electron chi connectivity index (χ2n) is 7.20. The number of nitrogens with zero attached hydrogens (tertiary/aromatic N) is 4. The van der Waals surface area contributed by atoms with Gasteiger partial charge in [0.25, 0.3) is 5.91 Å². The number of amides is 1. The highest BCUT2D eigenvalue weighted by Gasteiger charge is 2.63. The summed E-state index contributed by atoms with van der Waals surface area (Å²) in [6.45, 7) is 4.15. The minimum Gasteiger partial charge on any atom is -0.463 e. The first kappa shape index (κ1) is 17.9. The number of sulfone groups is 1. The monoisotopic (exact) mass is 391 g/mol. The molecule has 2 aliphatic heterocycles. The van der Waals surface area contributed by atoms with Gasteiger partial charge in [0.15, 0.2) is 9.84 Å². The molecule has 1 atom stereocenters. The van der Waals surface area contributed by atoms with E-state index in [1.165, 1.54) is 6.33 Å². The Kier molecular flexibility index (Phi) is 4.17. The summed E-state index contributed by atoms with van der Waals surface area (Å²) in [5.74, 6) is -0.335. The van der Waals surface area contributed by atoms with Gasteiger partial charge in [0.1, 0.15) is 10.4 Å². The van der Waals surface area contributed by atoms with Crippen molar-refractivity contribution in [2.45, 2.75) is 25.0 Å². The minimum atomic E-state index is -3.30. The quantitative estimate of drug-likeness (QED) is 0.807. The second-order valence-corrected chi connectivity index (χ2v) is 9.65. The van der Waals surface area contributed by atoms with E-state index in [4.69, 9.17) is 4.74 Å². The summed E-state index contributed by atoms with van der Waals surface area (Å²) in [6.07, 6.45) is 3.58. The molecule has 2 aliphatic rings. The van der Waals surface area contributed by atoms with Crippen LogP contribution in [0.15, 0.2) is 18.6 Å². The summed E-state index contributed by atoms with van der Waals surface area (Å²) in [5.41, 5.74) is 1.79. The van der Waals surface area contributed by atoms with Crippen LogP contribution in [0, 0.1) is 19.8 Å². The van der Waals surface area contributed by atoms with Gasteiger partial charge in [-0.3, -0.25) is 4.79 Å². The van der Waals surface area contributed by atoms with E-state index in [0.29, 0.717) is 17.8 Å². The van der Waals surface area contributed by atoms with E-state index in [2.05, 4.69) is 19.9 Å². The summed E-state index contributed by atoms with van der Waals surface area (Å²) >= 11 is 0. The smallest absolute Gasteiger partial charge is 0.316 e. The SMILES string of the molecule is Cc1ccnc(OCC2CCS(=O)(=O)C23CN(C(=O)c2nc[nH]c2C)C3)n1. The molecule has 2 aromatic rings. The maximum Gasteiger partial charge on any atom is 0.316 e. The zero-order chi connectivity index (χ0) is 19.2. The largest absolute Gasteiger partial charge is 0.463 e. The Morgan fingerprint density at radius 2 is 2.15 bits per heavy atom. The molecule has 0 aromatic carbocycles. The number of hydrogen-bond acceptors (Lipinski definition) is 7. The van der Waals surface area contributed by atoms with Crippen LogP contribution in [0.1, 0.15) is 28.3 Å². The number of carbonyl (C=O) groups excluding carboxylic acids is 1. The molecule has 1 amide bonds. The Morgan fingerprint density at radius 1 is 1.37 bits per heavy atom. The van der Waals surface area contributed by atoms with Crippen molar-refractivity contribution in [2.24, 2.45) is 5.92 Å². The Labute approximate surface area is 157 Å². The number of carbonyl (C=O) groups is 1. The van der Waals surface area contributed by atoms with Crippen LogP contribution in [-0.2, 0) is 9.84 Å². The molecule has 0 aliphatic carbocycles. The first-order chi connectivity index (χ1) is 12.8. The fraction of sp³-hybridized carbons (Fsp3) is 0.529. The zero-order valence-corrected chi connectivity index (χ0v) is 16.0. The van der Waals surface area contributed by atoms with Crippen LogP contribution in [0.2, 0.25) is 0 Å². The summed E-state index contributed by atoms with van der Waals surface area (Å²) < 4.78 is 30.2. The Hall–Kier alpha value is -2.49. The molecule has 2 aromatic heterocycles. The third-order valence-corrected chi connectivity index (χ3v) is 8.12. The van der Waals surface area contributed by atoms with Crippen LogP contribution in [0.3, 0.4) is 0 Å². The molecule has 144 valence electrons. The predicted octanol–water partition coefficient (Wildman–Crippen LogP) is 0.525. The van der Waals surface area contributed by atoms with Crippen LogP contribution in [0.25, 0.3) is 0 Å². The fourth-order valence-corrected chi connectivity index (χ4v) is 6.25. The zero-order valence-electron chi connectivity index (χ0n) is 15.2. The molecule has 4 rings (SSSR count). The molecule has 27 heavy (non-hydrogen) atoms. The van der Waals surface area contributed by atoms with Gasteiger partial charge in [-0.1, -0.05) is 0 Å². The van der Waals surface area contributed by atoms with Gasteiger partial charge in [-0.2, -0.15) is 0 Å². The molecule has 1 N–H and O–H groups in total. The van der Waals surface area contributed by atoms with Gasteiger partial charge in [-0.05, 0) is 26.3 Å². The highest BCUT2D eigenvalue weighted by Crippen LogP contribution is 2.45. The summed E-state index contributed by atoms with van der Waals surface area (Å²) in [4.78, 5) is 29.3. The molecule has 0 saturated carbocycles. The Morgan fingerprint density at radius 3 is 2.81 bits per heavy atom. The lowest BCUT2D eigenvalue weighted by atomic mass is 9.83. The molecule has 10 heteroatoms. The van der Waals surface area contributed by atoms with Crippen LogP contribution in [0.4, 0.5) is 0 Å².